The van der Waals surface area contributed by atoms with Crippen LogP contribution in [0.2, 0.25) is 0 Å². The highest BCUT2D eigenvalue weighted by Gasteiger charge is 2.08. The number of aliphatic hydroxyl groups excluding tert-OH is 1. The number of amides is 1. The Morgan fingerprint density at radius 2 is 2.40 bits per heavy atom. The summed E-state index contributed by atoms with van der Waals surface area (Å²) in [4.78, 5) is 10.5. The Hall–Kier alpha value is -0.280. The van der Waals surface area contributed by atoms with Gasteiger partial charge in [0.05, 0.1) is 0 Å². The molecule has 0 rings (SSSR count). The number of alkyl halides is 1. The maximum atomic E-state index is 10.5. The van der Waals surface area contributed by atoms with Crippen LogP contribution in [0.1, 0.15) is 19.8 Å². The highest BCUT2D eigenvalue weighted by molar-refractivity contribution is 6.29. The molecule has 1 amide bonds. The van der Waals surface area contributed by atoms with Crippen molar-refractivity contribution in [2.24, 2.45) is 0 Å². The Labute approximate surface area is 65.4 Å². The molecular formula is C6H12ClNO2. The van der Waals surface area contributed by atoms with Crippen LogP contribution in [0.5, 0.6) is 0 Å². The Kier molecular flexibility index (Phi) is 5.35. The quantitative estimate of drug-likeness (QED) is 0.470. The fourth-order valence-electron chi connectivity index (χ4n) is 0.473. The molecule has 0 aromatic heterocycles. The summed E-state index contributed by atoms with van der Waals surface area (Å²) in [7, 11) is 0. The van der Waals surface area contributed by atoms with Gasteiger partial charge >= 0.3 is 0 Å². The number of rotatable bonds is 4. The molecule has 0 saturated carbocycles. The van der Waals surface area contributed by atoms with Crippen LogP contribution in [0.4, 0.5) is 0 Å². The molecule has 0 aliphatic heterocycles. The molecule has 0 fully saturated rings. The van der Waals surface area contributed by atoms with E-state index in [1.165, 1.54) is 0 Å². The Morgan fingerprint density at radius 3 is 2.80 bits per heavy atom. The summed E-state index contributed by atoms with van der Waals surface area (Å²) in [6.45, 7) is 2.60. The van der Waals surface area contributed by atoms with Crippen LogP contribution >= 0.6 is 11.6 Å². The van der Waals surface area contributed by atoms with Gasteiger partial charge in [-0.2, -0.15) is 0 Å². The van der Waals surface area contributed by atoms with Gasteiger partial charge in [-0.25, -0.2) is 0 Å². The summed E-state index contributed by atoms with van der Waals surface area (Å²) < 4.78 is 0. The zero-order valence-electron chi connectivity index (χ0n) is 5.93. The van der Waals surface area contributed by atoms with Gasteiger partial charge in [0.25, 0.3) is 5.91 Å². The molecule has 1 atom stereocenters. The maximum Gasteiger partial charge on any atom is 0.264 e. The van der Waals surface area contributed by atoms with Crippen LogP contribution in [0.15, 0.2) is 0 Å². The lowest BCUT2D eigenvalue weighted by Gasteiger charge is -2.03. The Bertz CT molecular complexity index is 106. The molecule has 2 N–H and O–H groups in total. The Morgan fingerprint density at radius 1 is 1.80 bits per heavy atom. The van der Waals surface area contributed by atoms with Gasteiger partial charge in [0, 0.05) is 6.54 Å². The van der Waals surface area contributed by atoms with Gasteiger partial charge in [-0.05, 0) is 6.42 Å². The molecule has 0 aliphatic carbocycles. The van der Waals surface area contributed by atoms with Crippen LogP contribution in [0.25, 0.3) is 0 Å². The predicted molar refractivity (Wildman–Crippen MR) is 39.8 cm³/mol. The molecule has 0 aromatic rings. The van der Waals surface area contributed by atoms with E-state index in [0.717, 1.165) is 12.8 Å². The zero-order chi connectivity index (χ0) is 7.98. The van der Waals surface area contributed by atoms with Crippen molar-refractivity contribution in [3.05, 3.63) is 0 Å². The number of carbonyl (C=O) groups is 1. The SMILES string of the molecule is CCCCNC(=O)C(O)Cl. The Balaban J connectivity index is 3.22. The molecule has 0 spiro atoms. The smallest absolute Gasteiger partial charge is 0.264 e. The van der Waals surface area contributed by atoms with Crippen molar-refractivity contribution in [1.29, 1.82) is 0 Å². The van der Waals surface area contributed by atoms with Crippen molar-refractivity contribution in [1.82, 2.24) is 5.32 Å². The summed E-state index contributed by atoms with van der Waals surface area (Å²) in [5, 5.41) is 10.9. The molecule has 10 heavy (non-hydrogen) atoms. The van der Waals surface area contributed by atoms with Gasteiger partial charge in [-0.15, -0.1) is 0 Å². The largest absolute Gasteiger partial charge is 0.369 e. The van der Waals surface area contributed by atoms with Crippen LogP contribution < -0.4 is 5.32 Å². The van der Waals surface area contributed by atoms with E-state index in [1.807, 2.05) is 6.92 Å². The minimum Gasteiger partial charge on any atom is -0.369 e. The molecule has 60 valence electrons. The third-order valence-electron chi connectivity index (χ3n) is 1.05. The number of unbranched alkanes of at least 4 members (excludes halogenated alkanes) is 1. The minimum absolute atomic E-state index is 0.518. The van der Waals surface area contributed by atoms with Crippen molar-refractivity contribution in [2.45, 2.75) is 25.3 Å². The minimum atomic E-state index is -1.41. The van der Waals surface area contributed by atoms with Gasteiger partial charge in [0.15, 0.2) is 0 Å². The van der Waals surface area contributed by atoms with E-state index in [-0.39, 0.29) is 0 Å². The van der Waals surface area contributed by atoms with Gasteiger partial charge in [0.2, 0.25) is 5.56 Å². The number of nitrogens with one attached hydrogen (secondary N) is 1. The van der Waals surface area contributed by atoms with Gasteiger partial charge in [-0.3, -0.25) is 4.79 Å². The van der Waals surface area contributed by atoms with Crippen LogP contribution in [0.3, 0.4) is 0 Å². The van der Waals surface area contributed by atoms with Crippen LogP contribution in [-0.2, 0) is 4.79 Å². The second kappa shape index (κ2) is 5.50. The van der Waals surface area contributed by atoms with E-state index in [9.17, 15) is 4.79 Å². The fraction of sp³-hybridized carbons (Fsp3) is 0.833. The topological polar surface area (TPSA) is 49.3 Å². The fourth-order valence-corrected chi connectivity index (χ4v) is 0.550. The van der Waals surface area contributed by atoms with E-state index < -0.39 is 11.5 Å². The first kappa shape index (κ1) is 9.72. The van der Waals surface area contributed by atoms with E-state index in [0.29, 0.717) is 6.54 Å². The van der Waals surface area contributed by atoms with E-state index in [1.54, 1.807) is 0 Å². The summed E-state index contributed by atoms with van der Waals surface area (Å²) in [6.07, 6.45) is 1.92. The monoisotopic (exact) mass is 165 g/mol. The second-order valence-electron chi connectivity index (χ2n) is 1.98. The lowest BCUT2D eigenvalue weighted by Crippen LogP contribution is -2.31. The van der Waals surface area contributed by atoms with Gasteiger partial charge < -0.3 is 10.4 Å². The molecule has 0 heterocycles. The molecule has 0 bridgehead atoms. The third-order valence-corrected chi connectivity index (χ3v) is 1.24. The summed E-state index contributed by atoms with van der Waals surface area (Å²) >= 11 is 5.05. The average molecular weight is 166 g/mol. The highest BCUT2D eigenvalue weighted by Crippen LogP contribution is 1.89. The second-order valence-corrected chi connectivity index (χ2v) is 2.39. The molecule has 0 radical (unpaired) electrons. The van der Waals surface area contributed by atoms with Crippen LogP contribution in [0, 0.1) is 0 Å². The summed E-state index contributed by atoms with van der Waals surface area (Å²) in [5.74, 6) is -0.518. The molecular weight excluding hydrogens is 154 g/mol. The lowest BCUT2D eigenvalue weighted by atomic mass is 10.3. The number of aliphatic hydroxyl groups is 1. The van der Waals surface area contributed by atoms with Crippen molar-refractivity contribution in [3.8, 4) is 0 Å². The van der Waals surface area contributed by atoms with E-state index in [4.69, 9.17) is 16.7 Å². The zero-order valence-corrected chi connectivity index (χ0v) is 6.69. The van der Waals surface area contributed by atoms with Crippen molar-refractivity contribution < 1.29 is 9.90 Å². The van der Waals surface area contributed by atoms with E-state index >= 15 is 0 Å². The first-order valence-corrected chi connectivity index (χ1v) is 3.72. The number of carbonyl (C=O) groups excluding carboxylic acids is 1. The van der Waals surface area contributed by atoms with Crippen molar-refractivity contribution in [3.63, 3.8) is 0 Å². The predicted octanol–water partition coefficient (Wildman–Crippen LogP) is 0.460. The molecule has 0 saturated heterocycles. The lowest BCUT2D eigenvalue weighted by molar-refractivity contribution is -0.125. The van der Waals surface area contributed by atoms with Gasteiger partial charge in [-0.1, -0.05) is 24.9 Å². The molecule has 3 nitrogen and oxygen atoms in total. The van der Waals surface area contributed by atoms with Crippen molar-refractivity contribution >= 4 is 17.5 Å². The first-order valence-electron chi connectivity index (χ1n) is 3.28. The third kappa shape index (κ3) is 4.58. The molecule has 0 aromatic carbocycles. The van der Waals surface area contributed by atoms with Crippen LogP contribution in [-0.4, -0.2) is 23.1 Å². The first-order chi connectivity index (χ1) is 4.68. The number of hydrogen-bond donors (Lipinski definition) is 2. The molecule has 0 aliphatic rings. The summed E-state index contributed by atoms with van der Waals surface area (Å²) in [5.41, 5.74) is -1.41. The van der Waals surface area contributed by atoms with E-state index in [2.05, 4.69) is 5.32 Å². The standard InChI is InChI=1S/C6H12ClNO2/c1-2-3-4-8-6(10)5(7)9/h5,9H,2-4H2,1H3,(H,8,10). The van der Waals surface area contributed by atoms with Crippen molar-refractivity contribution in [2.75, 3.05) is 6.54 Å². The average Bonchev–Trinajstić information content (AvgIpc) is 1.88. The normalized spacial score (nSPS) is 12.7. The highest BCUT2D eigenvalue weighted by atomic mass is 35.5. The van der Waals surface area contributed by atoms with Gasteiger partial charge in [0.1, 0.15) is 0 Å². The maximum absolute atomic E-state index is 10.5. The molecule has 4 heteroatoms. The number of halogens is 1. The molecule has 1 unspecified atom stereocenters. The summed E-state index contributed by atoms with van der Waals surface area (Å²) in [6, 6.07) is 0. The number of hydrogen-bond acceptors (Lipinski definition) is 2.